The van der Waals surface area contributed by atoms with Gasteiger partial charge in [-0.2, -0.15) is 0 Å². The maximum atomic E-state index is 2.68. The van der Waals surface area contributed by atoms with E-state index in [9.17, 15) is 0 Å². The fourth-order valence-corrected chi connectivity index (χ4v) is 270. The Balaban J connectivity index is 0.000000436. The third-order valence-corrected chi connectivity index (χ3v) is 120. The van der Waals surface area contributed by atoms with Gasteiger partial charge < -0.3 is 0 Å². The minimum atomic E-state index is -3.65. The topological polar surface area (TPSA) is 0 Å². The van der Waals surface area contributed by atoms with E-state index in [-0.39, 0.29) is 24.8 Å². The van der Waals surface area contributed by atoms with Gasteiger partial charge in [-0.25, -0.2) is 0 Å². The van der Waals surface area contributed by atoms with E-state index in [0.29, 0.717) is 10.8 Å². The zero-order chi connectivity index (χ0) is 12.9. The number of halogens is 2. The van der Waals surface area contributed by atoms with Gasteiger partial charge in [-0.15, -0.1) is 24.8 Å². The molecule has 0 saturated carbocycles. The van der Waals surface area contributed by atoms with Gasteiger partial charge in [0.05, 0.1) is 0 Å². The molecule has 0 amide bonds. The van der Waals surface area contributed by atoms with E-state index in [2.05, 4.69) is 41.5 Å². The first kappa shape index (κ1) is 11.9. The summed E-state index contributed by atoms with van der Waals surface area (Å²) in [6.07, 6.45) is 0. The molecule has 0 N–H and O–H groups in total. The van der Waals surface area contributed by atoms with Crippen LogP contribution in [0.15, 0.2) is 0 Å². The maximum absolute atomic E-state index is 3.65. The summed E-state index contributed by atoms with van der Waals surface area (Å²) < 4.78 is 14.0. The summed E-state index contributed by atoms with van der Waals surface area (Å²) in [7, 11) is 0. The van der Waals surface area contributed by atoms with Gasteiger partial charge in [0.25, 0.3) is 0 Å². The molecule has 10 aliphatic heterocycles. The smallest absolute Gasteiger partial charge is 0.147 e. The Bertz CT molecular complexity index is 989. The van der Waals surface area contributed by atoms with Crippen molar-refractivity contribution in [3.63, 3.8) is 0 Å². The van der Waals surface area contributed by atoms with Gasteiger partial charge in [0, 0.05) is 0 Å². The van der Waals surface area contributed by atoms with Crippen molar-refractivity contribution in [3.8, 4) is 0 Å². The Morgan fingerprint density at radius 2 is 0.810 bits per heavy atom. The number of fused-ring (bicyclic) bond motifs is 10. The molecule has 8 atom stereocenters. The van der Waals surface area contributed by atoms with Gasteiger partial charge in [-0.05, 0) is 0 Å². The Morgan fingerprint density at radius 3 is 0.905 bits per heavy atom. The zero-order valence-corrected chi connectivity index (χ0v) is 18.0. The molecule has 0 aliphatic carbocycles. The summed E-state index contributed by atoms with van der Waals surface area (Å²) in [5, 5.41) is 0. The van der Waals surface area contributed by atoms with Crippen LogP contribution in [0, 0.1) is 10.8 Å². The molecule has 10 fully saturated rings. The van der Waals surface area contributed by atoms with E-state index in [1.54, 1.807) is 0 Å². The molecule has 10 rings (SSSR count). The van der Waals surface area contributed by atoms with Gasteiger partial charge in [0.2, 0.25) is 0 Å². The van der Waals surface area contributed by atoms with Gasteiger partial charge in [-0.3, -0.25) is 0 Å². The van der Waals surface area contributed by atoms with Crippen LogP contribution >= 0.6 is 24.8 Å². The molecule has 10 aliphatic rings. The van der Waals surface area contributed by atoms with Crippen molar-refractivity contribution in [1.82, 2.24) is 0 Å². The molecule has 0 nitrogen and oxygen atoms in total. The van der Waals surface area contributed by atoms with Crippen molar-refractivity contribution >= 4 is 24.8 Å². The summed E-state index contributed by atoms with van der Waals surface area (Å²) in [4.78, 5) is 0. The summed E-state index contributed by atoms with van der Waals surface area (Å²) in [5.74, 6) is 0. The zero-order valence-electron chi connectivity index (χ0n) is 13.9. The third-order valence-electron chi connectivity index (χ3n) is 22.9. The molecular weight excluding hydrogens is 378 g/mol. The fourth-order valence-electron chi connectivity index (χ4n) is 29.7. The van der Waals surface area contributed by atoms with Crippen LogP contribution < -0.4 is 0 Å². The van der Waals surface area contributed by atoms with E-state index < -0.39 is 11.4 Å². The second-order valence-corrected chi connectivity index (χ2v) is 69.0. The van der Waals surface area contributed by atoms with Crippen molar-refractivity contribution in [2.75, 3.05) is 0 Å². The number of hydrogen-bond acceptors (Lipinski definition) is 0. The molecule has 8 unspecified atom stereocenters. The second-order valence-electron chi connectivity index (χ2n) is 17.4. The number of rotatable bonds is 0. The van der Waals surface area contributed by atoms with Crippen LogP contribution in [-0.4, -0.2) is 0 Å². The average Bonchev–Trinajstić information content (AvgIpc) is 3.21. The van der Waals surface area contributed by atoms with Crippen LogP contribution in [-0.2, 0) is 11.4 Å². The predicted molar refractivity (Wildman–Crippen MR) is 88.8 cm³/mol. The quantitative estimate of drug-likeness (QED) is 0.404. The normalized spacial score (nSPS) is 103. The monoisotopic (exact) mass is 404 g/mol. The minimum absolute atomic E-state index is 0. The molecule has 0 aromatic rings. The summed E-state index contributed by atoms with van der Waals surface area (Å²) in [6.45, 7) is 16.1. The Kier molecular flexibility index (Phi) is 0.572. The standard InChI is InChI=1S/2C9H13.2ClH.Zr/c2*1-9(2,3)8-6-4-5-7-8;;;/h2*4-7H,1-3H3;2*1H;. The van der Waals surface area contributed by atoms with Crippen LogP contribution in [0.25, 0.3) is 0 Å². The molecule has 21 heavy (non-hydrogen) atoms. The van der Waals surface area contributed by atoms with E-state index >= 15 is 0 Å². The van der Waals surface area contributed by atoms with Crippen molar-refractivity contribution in [2.45, 2.75) is 76.8 Å². The summed E-state index contributed by atoms with van der Waals surface area (Å²) in [6, 6.07) is 0. The molecular formula is C18H28Cl2Zr. The largest absolute Gasteiger partial charge is 0.147 e. The first-order valence-electron chi connectivity index (χ1n) is 9.46. The van der Waals surface area contributed by atoms with E-state index in [1.807, 2.05) is 0 Å². The Hall–Kier alpha value is 1.46. The van der Waals surface area contributed by atoms with Crippen molar-refractivity contribution in [3.05, 3.63) is 0 Å². The van der Waals surface area contributed by atoms with Crippen LogP contribution in [0.3, 0.4) is 0 Å². The van der Waals surface area contributed by atoms with Crippen LogP contribution in [0.4, 0.5) is 0 Å². The predicted octanol–water partition coefficient (Wildman–Crippen LogP) is 7.05. The van der Waals surface area contributed by atoms with E-state index in [1.165, 1.54) is 29.0 Å². The molecule has 0 bridgehead atoms. The van der Waals surface area contributed by atoms with E-state index in [4.69, 9.17) is 0 Å². The SMILES string of the molecule is CC(C)(C)[C]12[CH]3[CH]4[CH]5[CH]1[Zr]45321678[CH]2[CH]1[CH]6[C]7(C(C)(C)C)[CH]28.Cl.Cl. The minimum Gasteiger partial charge on any atom is -0.147 e. The third kappa shape index (κ3) is 0.135. The molecule has 10 saturated heterocycles. The molecule has 3 heteroatoms. The molecule has 0 aromatic heterocycles. The maximum Gasteiger partial charge on any atom is -0.147 e. The second kappa shape index (κ2) is 1.01. The number of hydrogen-bond donors (Lipinski definition) is 0. The molecule has 10 heterocycles. The Labute approximate surface area is 123 Å². The average molecular weight is 407 g/mol. The fraction of sp³-hybridized carbons (Fsp3) is 1.00. The molecule has 0 aromatic carbocycles. The molecule has 1 spiro atoms. The van der Waals surface area contributed by atoms with Gasteiger partial charge >= 0.3 is 99.0 Å². The summed E-state index contributed by atoms with van der Waals surface area (Å²) >= 11 is -3.65. The van der Waals surface area contributed by atoms with Crippen LogP contribution in [0.2, 0.25) is 35.3 Å². The van der Waals surface area contributed by atoms with Gasteiger partial charge in [-0.1, -0.05) is 0 Å². The van der Waals surface area contributed by atoms with Crippen molar-refractivity contribution < 1.29 is 11.4 Å². The Morgan fingerprint density at radius 1 is 0.571 bits per heavy atom. The first-order valence-corrected chi connectivity index (χ1v) is 23.3. The van der Waals surface area contributed by atoms with Crippen LogP contribution in [0.5, 0.6) is 0 Å². The van der Waals surface area contributed by atoms with Gasteiger partial charge in [0.15, 0.2) is 0 Å². The first-order chi connectivity index (χ1) is 8.43. The molecule has 0 radical (unpaired) electrons. The van der Waals surface area contributed by atoms with Crippen LogP contribution in [0.1, 0.15) is 41.5 Å². The van der Waals surface area contributed by atoms with E-state index in [0.717, 1.165) is 6.25 Å². The van der Waals surface area contributed by atoms with Gasteiger partial charge in [0.1, 0.15) is 0 Å². The van der Waals surface area contributed by atoms with Crippen molar-refractivity contribution in [2.24, 2.45) is 10.8 Å². The van der Waals surface area contributed by atoms with Crippen molar-refractivity contribution in [1.29, 1.82) is 0 Å². The molecule has 118 valence electrons. The summed E-state index contributed by atoms with van der Waals surface area (Å²) in [5.41, 5.74) is 1.39.